The summed E-state index contributed by atoms with van der Waals surface area (Å²) in [6.07, 6.45) is 2.07. The summed E-state index contributed by atoms with van der Waals surface area (Å²) in [5.41, 5.74) is 4.04. The summed E-state index contributed by atoms with van der Waals surface area (Å²) in [5.74, 6) is -0.890. The van der Waals surface area contributed by atoms with E-state index >= 15 is 0 Å². The fraction of sp³-hybridized carbons (Fsp3) is 0.200. The first-order valence-electron chi connectivity index (χ1n) is 10.4. The zero-order valence-electron chi connectivity index (χ0n) is 18.0. The Morgan fingerprint density at radius 3 is 2.56 bits per heavy atom. The van der Waals surface area contributed by atoms with Crippen LogP contribution in [0.25, 0.3) is 0 Å². The van der Waals surface area contributed by atoms with Crippen LogP contribution < -0.4 is 9.91 Å². The molecule has 1 aromatic heterocycles. The Morgan fingerprint density at radius 1 is 1.06 bits per heavy atom. The van der Waals surface area contributed by atoms with E-state index in [2.05, 4.69) is 10.1 Å². The lowest BCUT2D eigenvalue weighted by molar-refractivity contribution is -0.118. The van der Waals surface area contributed by atoms with Crippen LogP contribution >= 0.6 is 0 Å². The second-order valence-electron chi connectivity index (χ2n) is 7.73. The molecule has 1 aliphatic rings. The molecule has 0 spiro atoms. The highest BCUT2D eigenvalue weighted by molar-refractivity contribution is 6.44. The second-order valence-corrected chi connectivity index (χ2v) is 7.73. The predicted octanol–water partition coefficient (Wildman–Crippen LogP) is 4.55. The van der Waals surface area contributed by atoms with Crippen LogP contribution in [-0.2, 0) is 16.1 Å². The Kier molecular flexibility index (Phi) is 6.07. The number of rotatable bonds is 5. The predicted molar refractivity (Wildman–Crippen MR) is 122 cm³/mol. The van der Waals surface area contributed by atoms with Crippen LogP contribution in [0.2, 0.25) is 0 Å². The molecule has 32 heavy (non-hydrogen) atoms. The average molecular weight is 430 g/mol. The summed E-state index contributed by atoms with van der Waals surface area (Å²) in [6, 6.07) is 16.9. The van der Waals surface area contributed by atoms with Gasteiger partial charge in [-0.15, -0.1) is 0 Å². The number of benzene rings is 2. The molecule has 0 saturated carbocycles. The minimum atomic E-state index is -0.388. The van der Waals surface area contributed by atoms with Crippen molar-refractivity contribution in [3.05, 3.63) is 89.5 Å². The molecule has 0 N–H and O–H groups in total. The van der Waals surface area contributed by atoms with Crippen molar-refractivity contribution in [3.8, 4) is 0 Å². The Hall–Kier alpha value is -3.87. The maximum Gasteiger partial charge on any atom is 0.274 e. The van der Waals surface area contributed by atoms with E-state index in [4.69, 9.17) is 0 Å². The summed E-state index contributed by atoms with van der Waals surface area (Å²) >= 11 is 0. The third-order valence-corrected chi connectivity index (χ3v) is 5.30. The standard InChI is InChI=1S/C25H23FN4O2/c1-17-6-7-18(2)23(15-17)30-24(31)13-12-22(28-30)25(32)29(16-20-5-3-4-14-27-20)21-10-8-19(26)9-11-21/h3-11,14-15H,12-13,16H2,1-2H3. The van der Waals surface area contributed by atoms with Crippen LogP contribution in [-0.4, -0.2) is 22.5 Å². The molecule has 0 unspecified atom stereocenters. The number of carbonyl (C=O) groups excluding carboxylic acids is 2. The van der Waals surface area contributed by atoms with Crippen LogP contribution in [0.1, 0.15) is 29.7 Å². The molecular weight excluding hydrogens is 407 g/mol. The van der Waals surface area contributed by atoms with E-state index in [1.807, 2.05) is 44.2 Å². The van der Waals surface area contributed by atoms with Gasteiger partial charge in [-0.25, -0.2) is 9.40 Å². The number of hydrogen-bond donors (Lipinski definition) is 0. The van der Waals surface area contributed by atoms with Crippen molar-refractivity contribution in [2.45, 2.75) is 33.2 Å². The average Bonchev–Trinajstić information content (AvgIpc) is 2.80. The van der Waals surface area contributed by atoms with Crippen molar-refractivity contribution in [2.24, 2.45) is 5.10 Å². The zero-order chi connectivity index (χ0) is 22.7. The molecule has 0 saturated heterocycles. The van der Waals surface area contributed by atoms with E-state index in [1.54, 1.807) is 24.4 Å². The molecule has 0 aliphatic carbocycles. The van der Waals surface area contributed by atoms with Crippen molar-refractivity contribution in [2.75, 3.05) is 9.91 Å². The summed E-state index contributed by atoms with van der Waals surface area (Å²) in [4.78, 5) is 32.0. The number of nitrogens with zero attached hydrogens (tertiary/aromatic N) is 4. The maximum absolute atomic E-state index is 13.6. The van der Waals surface area contributed by atoms with E-state index in [9.17, 15) is 14.0 Å². The molecular formula is C25H23FN4O2. The van der Waals surface area contributed by atoms with Gasteiger partial charge in [0.15, 0.2) is 0 Å². The molecule has 3 aromatic rings. The van der Waals surface area contributed by atoms with Gasteiger partial charge >= 0.3 is 0 Å². The topological polar surface area (TPSA) is 65.9 Å². The van der Waals surface area contributed by atoms with Gasteiger partial charge in [0.05, 0.1) is 17.9 Å². The van der Waals surface area contributed by atoms with Gasteiger partial charge in [-0.05, 0) is 67.4 Å². The number of aryl methyl sites for hydroxylation is 2. The van der Waals surface area contributed by atoms with E-state index in [0.717, 1.165) is 11.1 Å². The molecule has 1 aliphatic heterocycles. The van der Waals surface area contributed by atoms with Gasteiger partial charge < -0.3 is 4.90 Å². The van der Waals surface area contributed by atoms with Crippen molar-refractivity contribution >= 4 is 28.9 Å². The summed E-state index contributed by atoms with van der Waals surface area (Å²) < 4.78 is 13.5. The van der Waals surface area contributed by atoms with E-state index in [-0.39, 0.29) is 42.7 Å². The summed E-state index contributed by atoms with van der Waals surface area (Å²) in [6.45, 7) is 4.04. The van der Waals surface area contributed by atoms with Crippen molar-refractivity contribution in [1.29, 1.82) is 0 Å². The molecule has 162 valence electrons. The summed E-state index contributed by atoms with van der Waals surface area (Å²) in [5, 5.41) is 5.78. The summed E-state index contributed by atoms with van der Waals surface area (Å²) in [7, 11) is 0. The quantitative estimate of drug-likeness (QED) is 0.596. The van der Waals surface area contributed by atoms with E-state index < -0.39 is 0 Å². The molecule has 0 radical (unpaired) electrons. The van der Waals surface area contributed by atoms with Crippen LogP contribution in [0.5, 0.6) is 0 Å². The Labute approximate surface area is 186 Å². The van der Waals surface area contributed by atoms with E-state index in [0.29, 0.717) is 17.1 Å². The number of pyridine rings is 1. The Morgan fingerprint density at radius 2 is 1.84 bits per heavy atom. The first kappa shape index (κ1) is 21.4. The number of aromatic nitrogens is 1. The monoisotopic (exact) mass is 430 g/mol. The first-order valence-corrected chi connectivity index (χ1v) is 10.4. The molecule has 4 rings (SSSR count). The lowest BCUT2D eigenvalue weighted by Crippen LogP contribution is -2.41. The number of anilines is 2. The number of carbonyl (C=O) groups is 2. The normalized spacial score (nSPS) is 13.7. The Balaban J connectivity index is 1.71. The SMILES string of the molecule is Cc1ccc(C)c(N2N=C(C(=O)N(Cc3ccccn3)c3ccc(F)cc3)CCC2=O)c1. The molecule has 0 bridgehead atoms. The third kappa shape index (κ3) is 4.56. The van der Waals surface area contributed by atoms with Crippen LogP contribution in [0, 0.1) is 19.7 Å². The van der Waals surface area contributed by atoms with Crippen LogP contribution in [0.3, 0.4) is 0 Å². The number of hydrogen-bond acceptors (Lipinski definition) is 4. The fourth-order valence-corrected chi connectivity index (χ4v) is 3.55. The maximum atomic E-state index is 13.6. The van der Waals surface area contributed by atoms with Gasteiger partial charge in [-0.3, -0.25) is 14.6 Å². The molecule has 2 aromatic carbocycles. The molecule has 0 fully saturated rings. The van der Waals surface area contributed by atoms with Gasteiger partial charge in [0.1, 0.15) is 11.5 Å². The van der Waals surface area contributed by atoms with Crippen LogP contribution in [0.15, 0.2) is 72.0 Å². The second kappa shape index (κ2) is 9.09. The fourth-order valence-electron chi connectivity index (χ4n) is 3.55. The zero-order valence-corrected chi connectivity index (χ0v) is 18.0. The number of hydrazone groups is 1. The Bertz CT molecular complexity index is 1180. The van der Waals surface area contributed by atoms with Gasteiger partial charge in [0, 0.05) is 24.7 Å². The minimum Gasteiger partial charge on any atom is -0.301 e. The smallest absolute Gasteiger partial charge is 0.274 e. The van der Waals surface area contributed by atoms with Crippen molar-refractivity contribution in [3.63, 3.8) is 0 Å². The first-order chi connectivity index (χ1) is 15.4. The van der Waals surface area contributed by atoms with E-state index in [1.165, 1.54) is 22.0 Å². The highest BCUT2D eigenvalue weighted by atomic mass is 19.1. The molecule has 6 nitrogen and oxygen atoms in total. The molecule has 0 atom stereocenters. The lowest BCUT2D eigenvalue weighted by atomic mass is 10.1. The van der Waals surface area contributed by atoms with Crippen LogP contribution in [0.4, 0.5) is 15.8 Å². The van der Waals surface area contributed by atoms with Gasteiger partial charge in [-0.2, -0.15) is 5.10 Å². The van der Waals surface area contributed by atoms with Crippen molar-refractivity contribution < 1.29 is 14.0 Å². The number of halogens is 1. The largest absolute Gasteiger partial charge is 0.301 e. The molecule has 7 heteroatoms. The minimum absolute atomic E-state index is 0.159. The number of amides is 2. The van der Waals surface area contributed by atoms with Crippen molar-refractivity contribution in [1.82, 2.24) is 4.98 Å². The highest BCUT2D eigenvalue weighted by Gasteiger charge is 2.30. The van der Waals surface area contributed by atoms with Gasteiger partial charge in [0.25, 0.3) is 5.91 Å². The molecule has 2 heterocycles. The highest BCUT2D eigenvalue weighted by Crippen LogP contribution is 2.27. The molecule has 2 amide bonds. The third-order valence-electron chi connectivity index (χ3n) is 5.30. The van der Waals surface area contributed by atoms with Gasteiger partial charge in [-0.1, -0.05) is 18.2 Å². The lowest BCUT2D eigenvalue weighted by Gasteiger charge is -2.28. The van der Waals surface area contributed by atoms with Gasteiger partial charge in [0.2, 0.25) is 5.91 Å².